The number of piperazine rings is 1. The molecule has 0 amide bonds. The summed E-state index contributed by atoms with van der Waals surface area (Å²) in [6, 6.07) is 9.03. The summed E-state index contributed by atoms with van der Waals surface area (Å²) in [5.74, 6) is 0. The zero-order chi connectivity index (χ0) is 16.4. The summed E-state index contributed by atoms with van der Waals surface area (Å²) < 4.78 is 6.16. The molecule has 0 aromatic carbocycles. The molecule has 0 radical (unpaired) electrons. The first kappa shape index (κ1) is 16.2. The lowest BCUT2D eigenvalue weighted by atomic mass is 10.1. The molecule has 2 aliphatic rings. The Morgan fingerprint density at radius 2 is 2.21 bits per heavy atom. The number of thiophene rings is 1. The van der Waals surface area contributed by atoms with Gasteiger partial charge in [-0.05, 0) is 47.9 Å². The predicted octanol–water partition coefficient (Wildman–Crippen LogP) is 2.93. The van der Waals surface area contributed by atoms with Crippen LogP contribution in [0.1, 0.15) is 23.4 Å². The lowest BCUT2D eigenvalue weighted by Crippen LogP contribution is -2.49. The maximum Gasteiger partial charge on any atom is 0.0892 e. The Hall–Kier alpha value is -1.27. The van der Waals surface area contributed by atoms with E-state index in [-0.39, 0.29) is 0 Å². The quantitative estimate of drug-likeness (QED) is 0.835. The van der Waals surface area contributed by atoms with Crippen molar-refractivity contribution in [2.24, 2.45) is 0 Å². The van der Waals surface area contributed by atoms with Gasteiger partial charge >= 0.3 is 0 Å². The third-order valence-corrected chi connectivity index (χ3v) is 5.79. The molecule has 24 heavy (non-hydrogen) atoms. The van der Waals surface area contributed by atoms with Gasteiger partial charge < -0.3 is 4.74 Å². The molecule has 128 valence electrons. The Morgan fingerprint density at radius 1 is 1.25 bits per heavy atom. The van der Waals surface area contributed by atoms with Crippen LogP contribution in [0.2, 0.25) is 0 Å². The van der Waals surface area contributed by atoms with Crippen molar-refractivity contribution in [3.8, 4) is 0 Å². The molecule has 2 aromatic rings. The predicted molar refractivity (Wildman–Crippen MR) is 97.1 cm³/mol. The minimum atomic E-state index is 0.346. The minimum Gasteiger partial charge on any atom is -0.371 e. The molecule has 5 heteroatoms. The van der Waals surface area contributed by atoms with E-state index in [0.29, 0.717) is 18.8 Å². The lowest BCUT2D eigenvalue weighted by molar-refractivity contribution is 0.0439. The van der Waals surface area contributed by atoms with Gasteiger partial charge in [-0.3, -0.25) is 14.8 Å². The van der Waals surface area contributed by atoms with Gasteiger partial charge in [0.2, 0.25) is 0 Å². The fraction of sp³-hybridized carbons (Fsp3) is 0.526. The average Bonchev–Trinajstić information content (AvgIpc) is 3.22. The Labute approximate surface area is 148 Å². The molecule has 0 bridgehead atoms. The second-order valence-electron chi connectivity index (χ2n) is 6.95. The van der Waals surface area contributed by atoms with E-state index in [9.17, 15) is 0 Å². The fourth-order valence-corrected chi connectivity index (χ4v) is 4.51. The Balaban J connectivity index is 1.28. The van der Waals surface area contributed by atoms with Crippen LogP contribution in [0.25, 0.3) is 0 Å². The van der Waals surface area contributed by atoms with Crippen molar-refractivity contribution in [2.45, 2.75) is 38.6 Å². The first-order valence-corrected chi connectivity index (χ1v) is 9.72. The molecule has 4 heterocycles. The lowest BCUT2D eigenvalue weighted by Gasteiger charge is -2.37. The van der Waals surface area contributed by atoms with E-state index in [1.807, 2.05) is 13.0 Å². The minimum absolute atomic E-state index is 0.346. The van der Waals surface area contributed by atoms with E-state index in [1.54, 1.807) is 11.3 Å². The standard InChI is InChI=1S/C19H25N3OS/c1-15-3-2-4-17(20-15)13-23-19-9-18-11-21(6-7-22(18)12-19)10-16-5-8-24-14-16/h2-5,8,14,18-19H,6-7,9-13H2,1H3/t18-,19-/m0/s1. The van der Waals surface area contributed by atoms with E-state index in [4.69, 9.17) is 4.74 Å². The first-order chi connectivity index (χ1) is 11.8. The maximum atomic E-state index is 6.16. The summed E-state index contributed by atoms with van der Waals surface area (Å²) in [4.78, 5) is 9.73. The van der Waals surface area contributed by atoms with Crippen molar-refractivity contribution in [1.29, 1.82) is 0 Å². The molecule has 2 aliphatic heterocycles. The van der Waals surface area contributed by atoms with Crippen LogP contribution in [0, 0.1) is 6.92 Å². The number of rotatable bonds is 5. The summed E-state index contributed by atoms with van der Waals surface area (Å²) in [6.07, 6.45) is 1.49. The first-order valence-electron chi connectivity index (χ1n) is 8.78. The highest BCUT2D eigenvalue weighted by molar-refractivity contribution is 7.07. The summed E-state index contributed by atoms with van der Waals surface area (Å²) in [5, 5.41) is 4.44. The molecular weight excluding hydrogens is 318 g/mol. The van der Waals surface area contributed by atoms with Gasteiger partial charge in [-0.25, -0.2) is 0 Å². The normalized spacial score (nSPS) is 25.0. The average molecular weight is 343 g/mol. The van der Waals surface area contributed by atoms with Crippen LogP contribution in [0.3, 0.4) is 0 Å². The van der Waals surface area contributed by atoms with E-state index in [1.165, 1.54) is 18.7 Å². The fourth-order valence-electron chi connectivity index (χ4n) is 3.85. The van der Waals surface area contributed by atoms with Gasteiger partial charge in [0.15, 0.2) is 0 Å². The number of nitrogens with zero attached hydrogens (tertiary/aromatic N) is 3. The van der Waals surface area contributed by atoms with E-state index < -0.39 is 0 Å². The number of hydrogen-bond donors (Lipinski definition) is 0. The highest BCUT2D eigenvalue weighted by atomic mass is 32.1. The maximum absolute atomic E-state index is 6.16. The molecule has 2 atom stereocenters. The van der Waals surface area contributed by atoms with Crippen molar-refractivity contribution in [1.82, 2.24) is 14.8 Å². The van der Waals surface area contributed by atoms with Gasteiger partial charge in [0.05, 0.1) is 18.4 Å². The zero-order valence-corrected chi connectivity index (χ0v) is 15.0. The summed E-state index contributed by atoms with van der Waals surface area (Å²) in [6.45, 7) is 8.32. The van der Waals surface area contributed by atoms with Crippen LogP contribution >= 0.6 is 11.3 Å². The zero-order valence-electron chi connectivity index (χ0n) is 14.2. The van der Waals surface area contributed by atoms with Crippen LogP contribution in [-0.2, 0) is 17.9 Å². The molecule has 4 nitrogen and oxygen atoms in total. The smallest absolute Gasteiger partial charge is 0.0892 e. The Kier molecular flexibility index (Phi) is 4.94. The van der Waals surface area contributed by atoms with Gasteiger partial charge in [0.25, 0.3) is 0 Å². The van der Waals surface area contributed by atoms with Gasteiger partial charge in [-0.1, -0.05) is 6.07 Å². The highest BCUT2D eigenvalue weighted by Crippen LogP contribution is 2.25. The van der Waals surface area contributed by atoms with Gasteiger partial charge in [-0.15, -0.1) is 0 Å². The van der Waals surface area contributed by atoms with E-state index in [2.05, 4.69) is 43.7 Å². The van der Waals surface area contributed by atoms with Gasteiger partial charge in [-0.2, -0.15) is 11.3 Å². The topological polar surface area (TPSA) is 28.6 Å². The molecule has 4 rings (SSSR count). The SMILES string of the molecule is Cc1cccc(CO[C@H]2C[C@H]3CN(Cc4ccsc4)CCN3C2)n1. The molecule has 0 unspecified atom stereocenters. The molecular formula is C19H25N3OS. The van der Waals surface area contributed by atoms with Crippen LogP contribution in [0.5, 0.6) is 0 Å². The number of hydrogen-bond acceptors (Lipinski definition) is 5. The number of fused-ring (bicyclic) bond motifs is 1. The Morgan fingerprint density at radius 3 is 3.04 bits per heavy atom. The van der Waals surface area contributed by atoms with Gasteiger partial charge in [0, 0.05) is 44.5 Å². The number of pyridine rings is 1. The van der Waals surface area contributed by atoms with E-state index >= 15 is 0 Å². The summed E-state index contributed by atoms with van der Waals surface area (Å²) in [5.41, 5.74) is 3.55. The highest BCUT2D eigenvalue weighted by Gasteiger charge is 2.36. The molecule has 0 saturated carbocycles. The largest absolute Gasteiger partial charge is 0.371 e. The van der Waals surface area contributed by atoms with Gasteiger partial charge in [0.1, 0.15) is 0 Å². The van der Waals surface area contributed by atoms with Crippen LogP contribution in [0.4, 0.5) is 0 Å². The van der Waals surface area contributed by atoms with Crippen molar-refractivity contribution in [3.05, 3.63) is 52.0 Å². The summed E-state index contributed by atoms with van der Waals surface area (Å²) in [7, 11) is 0. The third kappa shape index (κ3) is 3.86. The molecule has 0 spiro atoms. The van der Waals surface area contributed by atoms with Crippen molar-refractivity contribution < 1.29 is 4.74 Å². The summed E-state index contributed by atoms with van der Waals surface area (Å²) >= 11 is 1.79. The van der Waals surface area contributed by atoms with Crippen molar-refractivity contribution in [2.75, 3.05) is 26.2 Å². The molecule has 2 saturated heterocycles. The monoisotopic (exact) mass is 343 g/mol. The Bertz CT molecular complexity index is 660. The molecule has 0 aliphatic carbocycles. The van der Waals surface area contributed by atoms with Crippen LogP contribution < -0.4 is 0 Å². The van der Waals surface area contributed by atoms with E-state index in [0.717, 1.165) is 37.4 Å². The molecule has 2 fully saturated rings. The van der Waals surface area contributed by atoms with Crippen molar-refractivity contribution in [3.63, 3.8) is 0 Å². The second kappa shape index (κ2) is 7.31. The third-order valence-electron chi connectivity index (χ3n) is 5.06. The number of ether oxygens (including phenoxy) is 1. The molecule has 2 aromatic heterocycles. The molecule has 0 N–H and O–H groups in total. The second-order valence-corrected chi connectivity index (χ2v) is 7.73. The van der Waals surface area contributed by atoms with Crippen LogP contribution in [0.15, 0.2) is 35.0 Å². The van der Waals surface area contributed by atoms with Crippen LogP contribution in [-0.4, -0.2) is 53.1 Å². The van der Waals surface area contributed by atoms with Crippen molar-refractivity contribution >= 4 is 11.3 Å². The number of aromatic nitrogens is 1. The number of aryl methyl sites for hydroxylation is 1.